The fraction of sp³-hybridized carbons (Fsp3) is 0.391. The minimum absolute atomic E-state index is 0.0000485. The number of hydrogen-bond acceptors (Lipinski definition) is 2. The average Bonchev–Trinajstić information content (AvgIpc) is 2.71. The van der Waals surface area contributed by atoms with Gasteiger partial charge in [0.2, 0.25) is 5.91 Å². The number of carbonyl (C=O) groups excluding carboxylic acids is 2. The predicted molar refractivity (Wildman–Crippen MR) is 112 cm³/mol. The van der Waals surface area contributed by atoms with E-state index in [0.717, 1.165) is 37.9 Å². The van der Waals surface area contributed by atoms with Gasteiger partial charge in [-0.3, -0.25) is 9.59 Å². The van der Waals surface area contributed by atoms with Gasteiger partial charge in [-0.1, -0.05) is 53.6 Å². The molecule has 1 N–H and O–H groups in total. The maximum Gasteiger partial charge on any atom is 0.255 e. The Morgan fingerprint density at radius 3 is 2.57 bits per heavy atom. The topological polar surface area (TPSA) is 49.4 Å². The minimum atomic E-state index is -0.0000485. The summed E-state index contributed by atoms with van der Waals surface area (Å²) in [4.78, 5) is 26.6. The number of nitrogens with one attached hydrogen (secondary N) is 1. The molecule has 2 amide bonds. The SMILES string of the molecule is Cc1cccc(CNC(=O)CCC2CCN(C(=O)c3ccccc3Cl)CC2)c1. The van der Waals surface area contributed by atoms with E-state index in [1.807, 2.05) is 42.2 Å². The van der Waals surface area contributed by atoms with Crippen LogP contribution in [-0.4, -0.2) is 29.8 Å². The van der Waals surface area contributed by atoms with E-state index in [-0.39, 0.29) is 11.8 Å². The molecule has 5 heteroatoms. The predicted octanol–water partition coefficient (Wildman–Crippen LogP) is 4.60. The summed E-state index contributed by atoms with van der Waals surface area (Å²) in [6.45, 7) is 4.07. The summed E-state index contributed by atoms with van der Waals surface area (Å²) >= 11 is 6.14. The zero-order valence-electron chi connectivity index (χ0n) is 16.3. The first-order valence-electron chi connectivity index (χ1n) is 9.89. The number of benzene rings is 2. The highest BCUT2D eigenvalue weighted by Crippen LogP contribution is 2.25. The van der Waals surface area contributed by atoms with Crippen molar-refractivity contribution >= 4 is 23.4 Å². The van der Waals surface area contributed by atoms with Crippen LogP contribution in [0.15, 0.2) is 48.5 Å². The number of hydrogen-bond donors (Lipinski definition) is 1. The fourth-order valence-electron chi connectivity index (χ4n) is 3.68. The molecule has 28 heavy (non-hydrogen) atoms. The van der Waals surface area contributed by atoms with Gasteiger partial charge in [-0.2, -0.15) is 0 Å². The lowest BCUT2D eigenvalue weighted by Gasteiger charge is -2.32. The molecule has 1 aliphatic rings. The molecule has 148 valence electrons. The first-order valence-corrected chi connectivity index (χ1v) is 10.3. The Labute approximate surface area is 171 Å². The molecule has 0 aliphatic carbocycles. The highest BCUT2D eigenvalue weighted by Gasteiger charge is 2.25. The van der Waals surface area contributed by atoms with Gasteiger partial charge >= 0.3 is 0 Å². The van der Waals surface area contributed by atoms with Gasteiger partial charge in [-0.15, -0.1) is 0 Å². The molecule has 0 bridgehead atoms. The van der Waals surface area contributed by atoms with E-state index in [1.165, 1.54) is 5.56 Å². The summed E-state index contributed by atoms with van der Waals surface area (Å²) in [5.74, 6) is 0.580. The van der Waals surface area contributed by atoms with Crippen LogP contribution >= 0.6 is 11.6 Å². The number of carbonyl (C=O) groups is 2. The molecule has 0 atom stereocenters. The number of piperidine rings is 1. The van der Waals surface area contributed by atoms with Gasteiger partial charge < -0.3 is 10.2 Å². The fourth-order valence-corrected chi connectivity index (χ4v) is 3.89. The molecule has 1 fully saturated rings. The van der Waals surface area contributed by atoms with E-state index in [9.17, 15) is 9.59 Å². The monoisotopic (exact) mass is 398 g/mol. The molecular weight excluding hydrogens is 372 g/mol. The lowest BCUT2D eigenvalue weighted by Crippen LogP contribution is -2.38. The average molecular weight is 399 g/mol. The molecule has 1 heterocycles. The molecular formula is C23H27ClN2O2. The van der Waals surface area contributed by atoms with Crippen LogP contribution in [0.2, 0.25) is 5.02 Å². The smallest absolute Gasteiger partial charge is 0.255 e. The molecule has 2 aromatic rings. The Hall–Kier alpha value is -2.33. The number of rotatable bonds is 6. The first-order chi connectivity index (χ1) is 13.5. The van der Waals surface area contributed by atoms with Crippen molar-refractivity contribution in [1.82, 2.24) is 10.2 Å². The van der Waals surface area contributed by atoms with Crippen LogP contribution in [0.25, 0.3) is 0 Å². The maximum atomic E-state index is 12.6. The van der Waals surface area contributed by atoms with Gasteiger partial charge in [0.1, 0.15) is 0 Å². The summed E-state index contributed by atoms with van der Waals surface area (Å²) in [7, 11) is 0. The number of halogens is 1. The minimum Gasteiger partial charge on any atom is -0.352 e. The second-order valence-corrected chi connectivity index (χ2v) is 7.93. The molecule has 2 aromatic carbocycles. The van der Waals surface area contributed by atoms with E-state index in [1.54, 1.807) is 12.1 Å². The second-order valence-electron chi connectivity index (χ2n) is 7.52. The molecule has 3 rings (SSSR count). The van der Waals surface area contributed by atoms with Crippen molar-refractivity contribution in [2.24, 2.45) is 5.92 Å². The summed E-state index contributed by atoms with van der Waals surface area (Å²) in [6, 6.07) is 15.4. The Kier molecular flexibility index (Phi) is 7.10. The van der Waals surface area contributed by atoms with Crippen LogP contribution < -0.4 is 5.32 Å². The van der Waals surface area contributed by atoms with Crippen molar-refractivity contribution in [1.29, 1.82) is 0 Å². The molecule has 0 unspecified atom stereocenters. The van der Waals surface area contributed by atoms with E-state index in [0.29, 0.717) is 29.5 Å². The first kappa shape index (κ1) is 20.4. The molecule has 0 aromatic heterocycles. The van der Waals surface area contributed by atoms with Gasteiger partial charge in [0, 0.05) is 26.1 Å². The van der Waals surface area contributed by atoms with Crippen molar-refractivity contribution in [3.05, 3.63) is 70.2 Å². The van der Waals surface area contributed by atoms with Gasteiger partial charge in [-0.05, 0) is 49.8 Å². The summed E-state index contributed by atoms with van der Waals surface area (Å²) in [5, 5.41) is 3.50. The van der Waals surface area contributed by atoms with Crippen LogP contribution in [-0.2, 0) is 11.3 Å². The second kappa shape index (κ2) is 9.74. The summed E-state index contributed by atoms with van der Waals surface area (Å²) in [6.07, 6.45) is 3.27. The van der Waals surface area contributed by atoms with Crippen molar-refractivity contribution in [3.8, 4) is 0 Å². The lowest BCUT2D eigenvalue weighted by atomic mass is 9.91. The standard InChI is InChI=1S/C23H27ClN2O2/c1-17-5-4-6-19(15-17)16-25-22(27)10-9-18-11-13-26(14-12-18)23(28)20-7-2-3-8-21(20)24/h2-8,15,18H,9-14,16H2,1H3,(H,25,27). The lowest BCUT2D eigenvalue weighted by molar-refractivity contribution is -0.121. The number of amides is 2. The van der Waals surface area contributed by atoms with Gasteiger partial charge in [0.15, 0.2) is 0 Å². The number of aryl methyl sites for hydroxylation is 1. The van der Waals surface area contributed by atoms with Crippen molar-refractivity contribution in [3.63, 3.8) is 0 Å². The van der Waals surface area contributed by atoms with E-state index in [2.05, 4.69) is 11.4 Å². The van der Waals surface area contributed by atoms with Crippen molar-refractivity contribution in [2.45, 2.75) is 39.2 Å². The van der Waals surface area contributed by atoms with Gasteiger partial charge in [-0.25, -0.2) is 0 Å². The van der Waals surface area contributed by atoms with E-state index >= 15 is 0 Å². The number of nitrogens with zero attached hydrogens (tertiary/aromatic N) is 1. The highest BCUT2D eigenvalue weighted by atomic mass is 35.5. The summed E-state index contributed by atoms with van der Waals surface area (Å²) < 4.78 is 0. The van der Waals surface area contributed by atoms with Crippen LogP contribution in [0, 0.1) is 12.8 Å². The normalized spacial score (nSPS) is 14.7. The molecule has 0 spiro atoms. The van der Waals surface area contributed by atoms with Crippen LogP contribution in [0.3, 0.4) is 0 Å². The molecule has 0 saturated carbocycles. The summed E-state index contributed by atoms with van der Waals surface area (Å²) in [5.41, 5.74) is 2.89. The third-order valence-electron chi connectivity index (χ3n) is 5.36. The molecule has 1 saturated heterocycles. The highest BCUT2D eigenvalue weighted by molar-refractivity contribution is 6.33. The maximum absolute atomic E-state index is 12.6. The Morgan fingerprint density at radius 1 is 1.11 bits per heavy atom. The van der Waals surface area contributed by atoms with E-state index < -0.39 is 0 Å². The number of likely N-dealkylation sites (tertiary alicyclic amines) is 1. The zero-order chi connectivity index (χ0) is 19.9. The third-order valence-corrected chi connectivity index (χ3v) is 5.69. The largest absolute Gasteiger partial charge is 0.352 e. The molecule has 1 aliphatic heterocycles. The van der Waals surface area contributed by atoms with Gasteiger partial charge in [0.25, 0.3) is 5.91 Å². The third kappa shape index (κ3) is 5.59. The Balaban J connectivity index is 1.39. The zero-order valence-corrected chi connectivity index (χ0v) is 17.0. The van der Waals surface area contributed by atoms with Crippen molar-refractivity contribution < 1.29 is 9.59 Å². The van der Waals surface area contributed by atoms with Crippen LogP contribution in [0.4, 0.5) is 0 Å². The van der Waals surface area contributed by atoms with Crippen molar-refractivity contribution in [2.75, 3.05) is 13.1 Å². The van der Waals surface area contributed by atoms with Gasteiger partial charge in [0.05, 0.1) is 10.6 Å². The van der Waals surface area contributed by atoms with E-state index in [4.69, 9.17) is 11.6 Å². The van der Waals surface area contributed by atoms with Crippen LogP contribution in [0.5, 0.6) is 0 Å². The Morgan fingerprint density at radius 2 is 1.86 bits per heavy atom. The van der Waals surface area contributed by atoms with Crippen LogP contribution in [0.1, 0.15) is 47.2 Å². The Bertz CT molecular complexity index is 829. The molecule has 0 radical (unpaired) electrons. The quantitative estimate of drug-likeness (QED) is 0.773. The molecule has 4 nitrogen and oxygen atoms in total.